The van der Waals surface area contributed by atoms with Crippen molar-refractivity contribution in [2.24, 2.45) is 0 Å². The van der Waals surface area contributed by atoms with Crippen LogP contribution < -0.4 is 4.74 Å². The summed E-state index contributed by atoms with van der Waals surface area (Å²) in [6, 6.07) is 4.15. The first kappa shape index (κ1) is 13.9. The molecule has 0 aliphatic carbocycles. The van der Waals surface area contributed by atoms with Gasteiger partial charge in [-0.2, -0.15) is 0 Å². The third-order valence-corrected chi connectivity index (χ3v) is 3.75. The largest absolute Gasteiger partial charge is 0.496 e. The lowest BCUT2D eigenvalue weighted by molar-refractivity contribution is -0.131. The van der Waals surface area contributed by atoms with Crippen molar-refractivity contribution in [3.8, 4) is 5.75 Å². The average molecular weight is 261 g/mol. The first-order valence-electron chi connectivity index (χ1n) is 7.03. The summed E-state index contributed by atoms with van der Waals surface area (Å²) in [7, 11) is 1.67. The predicted molar refractivity (Wildman–Crippen MR) is 76.6 cm³/mol. The fourth-order valence-electron chi connectivity index (χ4n) is 2.88. The number of likely N-dealkylation sites (tertiary alicyclic amines) is 1. The van der Waals surface area contributed by atoms with Crippen molar-refractivity contribution in [3.05, 3.63) is 28.8 Å². The fourth-order valence-corrected chi connectivity index (χ4v) is 2.88. The summed E-state index contributed by atoms with van der Waals surface area (Å²) in [6.07, 6.45) is 3.97. The van der Waals surface area contributed by atoms with Crippen molar-refractivity contribution in [1.29, 1.82) is 0 Å². The molecular weight excluding hydrogens is 238 g/mol. The highest BCUT2D eigenvalue weighted by molar-refractivity contribution is 5.80. The molecule has 3 heteroatoms. The number of ether oxygens (including phenoxy) is 1. The number of hydrogen-bond acceptors (Lipinski definition) is 2. The van der Waals surface area contributed by atoms with E-state index in [1.165, 1.54) is 12.0 Å². The highest BCUT2D eigenvalue weighted by Crippen LogP contribution is 2.26. The first-order valence-corrected chi connectivity index (χ1v) is 7.03. The summed E-state index contributed by atoms with van der Waals surface area (Å²) in [6.45, 7) is 5.90. The second-order valence-corrected chi connectivity index (χ2v) is 5.39. The van der Waals surface area contributed by atoms with Crippen LogP contribution in [0.3, 0.4) is 0 Å². The monoisotopic (exact) mass is 261 g/mol. The van der Waals surface area contributed by atoms with E-state index in [0.29, 0.717) is 6.42 Å². The van der Waals surface area contributed by atoms with Crippen LogP contribution in [0.1, 0.15) is 36.0 Å². The number of carbonyl (C=O) groups excluding carboxylic acids is 1. The van der Waals surface area contributed by atoms with Gasteiger partial charge in [-0.15, -0.1) is 0 Å². The van der Waals surface area contributed by atoms with Crippen LogP contribution in [0.25, 0.3) is 0 Å². The van der Waals surface area contributed by atoms with Gasteiger partial charge in [-0.1, -0.05) is 17.7 Å². The minimum atomic E-state index is 0.225. The van der Waals surface area contributed by atoms with E-state index in [-0.39, 0.29) is 5.91 Å². The van der Waals surface area contributed by atoms with Gasteiger partial charge in [0.05, 0.1) is 13.5 Å². The normalized spacial score (nSPS) is 15.4. The molecule has 1 aliphatic heterocycles. The van der Waals surface area contributed by atoms with E-state index < -0.39 is 0 Å². The highest BCUT2D eigenvalue weighted by atomic mass is 16.5. The highest BCUT2D eigenvalue weighted by Gasteiger charge is 2.19. The number of piperidine rings is 1. The topological polar surface area (TPSA) is 29.5 Å². The lowest BCUT2D eigenvalue weighted by Gasteiger charge is -2.27. The summed E-state index contributed by atoms with van der Waals surface area (Å²) in [5.74, 6) is 1.08. The molecule has 0 unspecified atom stereocenters. The van der Waals surface area contributed by atoms with Crippen LogP contribution >= 0.6 is 0 Å². The Labute approximate surface area is 115 Å². The van der Waals surface area contributed by atoms with Gasteiger partial charge in [0, 0.05) is 18.7 Å². The van der Waals surface area contributed by atoms with E-state index in [1.807, 2.05) is 11.8 Å². The van der Waals surface area contributed by atoms with Crippen LogP contribution in [0.4, 0.5) is 0 Å². The molecule has 0 atom stereocenters. The second-order valence-electron chi connectivity index (χ2n) is 5.39. The van der Waals surface area contributed by atoms with Gasteiger partial charge in [-0.25, -0.2) is 0 Å². The third-order valence-electron chi connectivity index (χ3n) is 3.75. The number of nitrogens with zero attached hydrogens (tertiary/aromatic N) is 1. The number of aryl methyl sites for hydroxylation is 2. The lowest BCUT2D eigenvalue weighted by Crippen LogP contribution is -2.36. The van der Waals surface area contributed by atoms with E-state index in [4.69, 9.17) is 4.74 Å². The number of carbonyl (C=O) groups is 1. The number of benzene rings is 1. The minimum Gasteiger partial charge on any atom is -0.496 e. The molecule has 0 bridgehead atoms. The first-order chi connectivity index (χ1) is 9.11. The van der Waals surface area contributed by atoms with Crippen molar-refractivity contribution >= 4 is 5.91 Å². The molecule has 0 aromatic heterocycles. The Balaban J connectivity index is 2.15. The maximum atomic E-state index is 12.3. The molecule has 3 nitrogen and oxygen atoms in total. The molecule has 1 heterocycles. The summed E-state index contributed by atoms with van der Waals surface area (Å²) in [5.41, 5.74) is 3.29. The van der Waals surface area contributed by atoms with Gasteiger partial charge in [0.2, 0.25) is 5.91 Å². The van der Waals surface area contributed by atoms with Crippen LogP contribution in [0.2, 0.25) is 0 Å². The van der Waals surface area contributed by atoms with Gasteiger partial charge < -0.3 is 9.64 Å². The standard InChI is InChI=1S/C16H23NO2/c1-12-9-13(2)16(19-3)14(10-12)11-15(18)17-7-5-4-6-8-17/h9-10H,4-8,11H2,1-3H3. The van der Waals surface area contributed by atoms with Crippen molar-refractivity contribution in [3.63, 3.8) is 0 Å². The Morgan fingerprint density at radius 2 is 1.89 bits per heavy atom. The molecule has 0 N–H and O–H groups in total. The Morgan fingerprint density at radius 3 is 2.53 bits per heavy atom. The van der Waals surface area contributed by atoms with E-state index in [9.17, 15) is 4.79 Å². The molecule has 1 aliphatic rings. The maximum Gasteiger partial charge on any atom is 0.227 e. The van der Waals surface area contributed by atoms with Gasteiger partial charge in [-0.3, -0.25) is 4.79 Å². The number of amides is 1. The van der Waals surface area contributed by atoms with Crippen LogP contribution in [0.5, 0.6) is 5.75 Å². The van der Waals surface area contributed by atoms with Gasteiger partial charge in [-0.05, 0) is 38.7 Å². The molecule has 0 radical (unpaired) electrons. The second kappa shape index (κ2) is 6.09. The number of methoxy groups -OCH3 is 1. The van der Waals surface area contributed by atoms with Crippen molar-refractivity contribution < 1.29 is 9.53 Å². The molecule has 0 saturated carbocycles. The Morgan fingerprint density at radius 1 is 1.21 bits per heavy atom. The molecule has 0 spiro atoms. The van der Waals surface area contributed by atoms with Crippen LogP contribution in [-0.4, -0.2) is 31.0 Å². The maximum absolute atomic E-state index is 12.3. The summed E-state index contributed by atoms with van der Waals surface area (Å²) in [5, 5.41) is 0. The predicted octanol–water partition coefficient (Wildman–Crippen LogP) is 2.87. The van der Waals surface area contributed by atoms with Crippen LogP contribution in [0, 0.1) is 13.8 Å². The van der Waals surface area contributed by atoms with Crippen molar-refractivity contribution in [2.45, 2.75) is 39.5 Å². The Kier molecular flexibility index (Phi) is 4.46. The number of hydrogen-bond donors (Lipinski definition) is 0. The van der Waals surface area contributed by atoms with E-state index in [2.05, 4.69) is 19.1 Å². The van der Waals surface area contributed by atoms with Crippen molar-refractivity contribution in [1.82, 2.24) is 4.90 Å². The van der Waals surface area contributed by atoms with Gasteiger partial charge in [0.25, 0.3) is 0 Å². The van der Waals surface area contributed by atoms with E-state index in [1.54, 1.807) is 7.11 Å². The minimum absolute atomic E-state index is 0.225. The molecule has 1 aromatic rings. The SMILES string of the molecule is COc1c(C)cc(C)cc1CC(=O)N1CCCCC1. The molecule has 1 amide bonds. The summed E-state index contributed by atoms with van der Waals surface area (Å²) >= 11 is 0. The molecule has 1 saturated heterocycles. The summed E-state index contributed by atoms with van der Waals surface area (Å²) < 4.78 is 5.45. The Bertz CT molecular complexity index is 462. The van der Waals surface area contributed by atoms with Crippen molar-refractivity contribution in [2.75, 3.05) is 20.2 Å². The molecule has 19 heavy (non-hydrogen) atoms. The van der Waals surface area contributed by atoms with E-state index >= 15 is 0 Å². The lowest BCUT2D eigenvalue weighted by atomic mass is 10.0. The molecule has 1 aromatic carbocycles. The third kappa shape index (κ3) is 3.28. The molecule has 104 valence electrons. The van der Waals surface area contributed by atoms with Gasteiger partial charge >= 0.3 is 0 Å². The van der Waals surface area contributed by atoms with Gasteiger partial charge in [0.15, 0.2) is 0 Å². The fraction of sp³-hybridized carbons (Fsp3) is 0.562. The zero-order valence-corrected chi connectivity index (χ0v) is 12.2. The quantitative estimate of drug-likeness (QED) is 0.837. The molecular formula is C16H23NO2. The number of rotatable bonds is 3. The zero-order chi connectivity index (χ0) is 13.8. The zero-order valence-electron chi connectivity index (χ0n) is 12.2. The molecule has 2 rings (SSSR count). The Hall–Kier alpha value is -1.51. The van der Waals surface area contributed by atoms with Gasteiger partial charge in [0.1, 0.15) is 5.75 Å². The van der Waals surface area contributed by atoms with Crippen LogP contribution in [0.15, 0.2) is 12.1 Å². The summed E-state index contributed by atoms with van der Waals surface area (Å²) in [4.78, 5) is 14.3. The molecule has 1 fully saturated rings. The average Bonchev–Trinajstić information content (AvgIpc) is 2.39. The van der Waals surface area contributed by atoms with Crippen LogP contribution in [-0.2, 0) is 11.2 Å². The smallest absolute Gasteiger partial charge is 0.227 e. The van der Waals surface area contributed by atoms with E-state index in [0.717, 1.165) is 42.8 Å².